The van der Waals surface area contributed by atoms with Crippen LogP contribution in [0.2, 0.25) is 0 Å². The Morgan fingerprint density at radius 1 is 1.75 bits per heavy atom. The largest absolute Gasteiger partial charge is 0.371 e. The standard InChI is InChI=1S/C6H7IO/c7-5-6-3-1-2-4-8-6/h1-3H,4-5H2. The summed E-state index contributed by atoms with van der Waals surface area (Å²) in [7, 11) is 0. The molecule has 1 nitrogen and oxygen atoms in total. The molecule has 1 heterocycles. The number of hydrogen-bond donors (Lipinski definition) is 0. The Morgan fingerprint density at radius 3 is 3.00 bits per heavy atom. The highest BCUT2D eigenvalue weighted by Gasteiger charge is 2.12. The van der Waals surface area contributed by atoms with E-state index in [9.17, 15) is 0 Å². The molecule has 2 heteroatoms. The van der Waals surface area contributed by atoms with Crippen LogP contribution in [0, 0.1) is 25.4 Å². The molecule has 0 unspecified atom stereocenters. The summed E-state index contributed by atoms with van der Waals surface area (Å²) in [6.45, 7) is 0.745. The highest BCUT2D eigenvalue weighted by atomic mass is 127. The summed E-state index contributed by atoms with van der Waals surface area (Å²) in [4.78, 5) is 0. The average Bonchev–Trinajstić information content (AvgIpc) is 1.90. The fourth-order valence-electron chi connectivity index (χ4n) is 0.517. The maximum Gasteiger partial charge on any atom is 0.110 e. The molecule has 1 fully saturated rings. The van der Waals surface area contributed by atoms with Crippen LogP contribution in [-0.2, 0) is 4.74 Å². The first-order valence-electron chi connectivity index (χ1n) is 2.48. The van der Waals surface area contributed by atoms with E-state index in [2.05, 4.69) is 22.6 Å². The molecular formula is C6H7IO. The summed E-state index contributed by atoms with van der Waals surface area (Å²) in [6.07, 6.45) is 7.09. The van der Waals surface area contributed by atoms with Gasteiger partial charge >= 0.3 is 0 Å². The Labute approximate surface area is 63.9 Å². The first kappa shape index (κ1) is 6.81. The van der Waals surface area contributed by atoms with E-state index >= 15 is 0 Å². The van der Waals surface area contributed by atoms with Gasteiger partial charge in [0.2, 0.25) is 0 Å². The summed E-state index contributed by atoms with van der Waals surface area (Å²) >= 11 is 2.28. The van der Waals surface area contributed by atoms with Crippen LogP contribution in [-0.4, -0.2) is 11.0 Å². The van der Waals surface area contributed by atoms with Gasteiger partial charge in [0.25, 0.3) is 0 Å². The molecule has 0 aromatic carbocycles. The van der Waals surface area contributed by atoms with Crippen molar-refractivity contribution in [3.8, 4) is 0 Å². The molecule has 1 saturated heterocycles. The van der Waals surface area contributed by atoms with Crippen LogP contribution in [0.3, 0.4) is 0 Å². The molecule has 0 bridgehead atoms. The van der Waals surface area contributed by atoms with Gasteiger partial charge in [-0.3, -0.25) is 0 Å². The second-order valence-electron chi connectivity index (χ2n) is 1.51. The second kappa shape index (κ2) is 3.67. The van der Waals surface area contributed by atoms with Crippen molar-refractivity contribution in [2.75, 3.05) is 11.0 Å². The lowest BCUT2D eigenvalue weighted by Gasteiger charge is -2.17. The molecule has 0 aliphatic carbocycles. The molecule has 0 amide bonds. The minimum Gasteiger partial charge on any atom is -0.371 e. The smallest absolute Gasteiger partial charge is 0.110 e. The zero-order valence-electron chi connectivity index (χ0n) is 4.43. The fraction of sp³-hybridized carbons (Fsp3) is 0.333. The van der Waals surface area contributed by atoms with Gasteiger partial charge in [0, 0.05) is 10.8 Å². The molecule has 4 radical (unpaired) electrons. The molecule has 44 valence electrons. The Balaban J connectivity index is 2.13. The third-order valence-corrected chi connectivity index (χ3v) is 1.67. The van der Waals surface area contributed by atoms with Crippen molar-refractivity contribution >= 4 is 22.6 Å². The van der Waals surface area contributed by atoms with E-state index in [0.29, 0.717) is 0 Å². The summed E-state index contributed by atoms with van der Waals surface area (Å²) in [5.74, 6) is 0. The molecule has 1 rings (SSSR count). The molecule has 0 saturated carbocycles. The lowest BCUT2D eigenvalue weighted by Crippen LogP contribution is -2.13. The Kier molecular flexibility index (Phi) is 3.12. The number of ether oxygens (including phenoxy) is 1. The summed E-state index contributed by atoms with van der Waals surface area (Å²) in [5.41, 5.74) is 0. The Morgan fingerprint density at radius 2 is 2.62 bits per heavy atom. The van der Waals surface area contributed by atoms with Crippen molar-refractivity contribution < 1.29 is 4.74 Å². The number of halogens is 1. The molecule has 0 atom stereocenters. The van der Waals surface area contributed by atoms with Gasteiger partial charge in [0.1, 0.15) is 6.10 Å². The van der Waals surface area contributed by atoms with Crippen molar-refractivity contribution in [3.05, 3.63) is 25.4 Å². The minimum absolute atomic E-state index is 0.745. The highest BCUT2D eigenvalue weighted by molar-refractivity contribution is 14.1. The van der Waals surface area contributed by atoms with E-state index in [0.717, 1.165) is 17.1 Å². The molecule has 0 aromatic heterocycles. The SMILES string of the molecule is IC[C]1[CH][CH][CH]CO1. The monoisotopic (exact) mass is 222 g/mol. The van der Waals surface area contributed by atoms with Crippen LogP contribution in [0.1, 0.15) is 0 Å². The van der Waals surface area contributed by atoms with E-state index in [1.807, 2.05) is 19.3 Å². The van der Waals surface area contributed by atoms with E-state index in [4.69, 9.17) is 4.74 Å². The van der Waals surface area contributed by atoms with E-state index in [1.54, 1.807) is 0 Å². The normalized spacial score (nSPS) is 23.6. The quantitative estimate of drug-likeness (QED) is 0.483. The van der Waals surface area contributed by atoms with Crippen LogP contribution in [0.25, 0.3) is 0 Å². The summed E-state index contributed by atoms with van der Waals surface area (Å²) in [5, 5.41) is 0. The molecule has 0 aromatic rings. The van der Waals surface area contributed by atoms with E-state index in [-0.39, 0.29) is 0 Å². The fourth-order valence-corrected chi connectivity index (χ4v) is 0.992. The van der Waals surface area contributed by atoms with Gasteiger partial charge in [-0.2, -0.15) is 0 Å². The lowest BCUT2D eigenvalue weighted by molar-refractivity contribution is 0.179. The van der Waals surface area contributed by atoms with E-state index in [1.165, 1.54) is 0 Å². The van der Waals surface area contributed by atoms with Crippen molar-refractivity contribution in [1.29, 1.82) is 0 Å². The third-order valence-electron chi connectivity index (χ3n) is 0.915. The maximum absolute atomic E-state index is 5.19. The molecule has 1 aliphatic rings. The van der Waals surface area contributed by atoms with Crippen LogP contribution >= 0.6 is 22.6 Å². The molecular weight excluding hydrogens is 215 g/mol. The van der Waals surface area contributed by atoms with Crippen LogP contribution in [0.15, 0.2) is 0 Å². The van der Waals surface area contributed by atoms with Crippen molar-refractivity contribution in [1.82, 2.24) is 0 Å². The number of rotatable bonds is 1. The van der Waals surface area contributed by atoms with Gasteiger partial charge in [0.15, 0.2) is 0 Å². The van der Waals surface area contributed by atoms with Crippen molar-refractivity contribution in [2.24, 2.45) is 0 Å². The van der Waals surface area contributed by atoms with Crippen LogP contribution in [0.4, 0.5) is 0 Å². The van der Waals surface area contributed by atoms with Gasteiger partial charge in [-0.05, 0) is 12.8 Å². The molecule has 8 heavy (non-hydrogen) atoms. The first-order valence-corrected chi connectivity index (χ1v) is 4.00. The zero-order valence-corrected chi connectivity index (χ0v) is 6.59. The highest BCUT2D eigenvalue weighted by Crippen LogP contribution is 2.18. The third kappa shape index (κ3) is 1.90. The second-order valence-corrected chi connectivity index (χ2v) is 2.27. The molecule has 1 aliphatic heterocycles. The van der Waals surface area contributed by atoms with Crippen LogP contribution < -0.4 is 0 Å². The maximum atomic E-state index is 5.19. The van der Waals surface area contributed by atoms with Gasteiger partial charge in [0.05, 0.1) is 6.61 Å². The van der Waals surface area contributed by atoms with Crippen molar-refractivity contribution in [3.63, 3.8) is 0 Å². The molecule has 0 spiro atoms. The Bertz CT molecular complexity index is 59.5. The topological polar surface area (TPSA) is 9.23 Å². The summed E-state index contributed by atoms with van der Waals surface area (Å²) in [6, 6.07) is 0. The zero-order chi connectivity index (χ0) is 5.82. The van der Waals surface area contributed by atoms with Gasteiger partial charge in [-0.25, -0.2) is 0 Å². The Hall–Kier alpha value is 0.690. The number of hydrogen-bond acceptors (Lipinski definition) is 1. The predicted octanol–water partition coefficient (Wildman–Crippen LogP) is 1.60. The predicted molar refractivity (Wildman–Crippen MR) is 41.0 cm³/mol. The lowest BCUT2D eigenvalue weighted by atomic mass is 10.1. The van der Waals surface area contributed by atoms with Gasteiger partial charge < -0.3 is 4.74 Å². The average molecular weight is 222 g/mol. The summed E-state index contributed by atoms with van der Waals surface area (Å²) < 4.78 is 6.17. The minimum atomic E-state index is 0.745. The van der Waals surface area contributed by atoms with Gasteiger partial charge in [-0.1, -0.05) is 22.6 Å². The van der Waals surface area contributed by atoms with Crippen molar-refractivity contribution in [2.45, 2.75) is 0 Å². The van der Waals surface area contributed by atoms with E-state index < -0.39 is 0 Å². The van der Waals surface area contributed by atoms with Crippen LogP contribution in [0.5, 0.6) is 0 Å². The molecule has 0 N–H and O–H groups in total. The van der Waals surface area contributed by atoms with Gasteiger partial charge in [-0.15, -0.1) is 0 Å². The first-order chi connectivity index (χ1) is 3.93. The number of alkyl halides is 1.